The van der Waals surface area contributed by atoms with Gasteiger partial charge in [-0.15, -0.1) is 0 Å². The number of amides is 1. The SMILES string of the molecule is COc1nc(CNC(=O)c2cc(-c3ccccc3)on2)nc(N2CCCCC2)n1. The summed E-state index contributed by atoms with van der Waals surface area (Å²) in [5, 5.41) is 6.63. The Balaban J connectivity index is 1.44. The first-order chi connectivity index (χ1) is 14.2. The van der Waals surface area contributed by atoms with Gasteiger partial charge in [0.25, 0.3) is 5.91 Å². The van der Waals surface area contributed by atoms with Crippen LogP contribution in [0.15, 0.2) is 40.9 Å². The van der Waals surface area contributed by atoms with Crippen LogP contribution in [-0.2, 0) is 6.54 Å². The predicted molar refractivity (Wildman–Crippen MR) is 106 cm³/mol. The molecule has 0 bridgehead atoms. The van der Waals surface area contributed by atoms with E-state index in [0.29, 0.717) is 17.5 Å². The van der Waals surface area contributed by atoms with E-state index in [0.717, 1.165) is 31.5 Å². The van der Waals surface area contributed by atoms with E-state index in [9.17, 15) is 4.79 Å². The molecule has 1 aliphatic rings. The molecule has 0 unspecified atom stereocenters. The Morgan fingerprint density at radius 2 is 1.93 bits per heavy atom. The molecule has 3 aromatic rings. The van der Waals surface area contributed by atoms with Gasteiger partial charge in [-0.3, -0.25) is 4.79 Å². The number of methoxy groups -OCH3 is 1. The van der Waals surface area contributed by atoms with Gasteiger partial charge in [-0.05, 0) is 19.3 Å². The lowest BCUT2D eigenvalue weighted by Gasteiger charge is -2.26. The summed E-state index contributed by atoms with van der Waals surface area (Å²) in [6.45, 7) is 1.94. The van der Waals surface area contributed by atoms with Crippen molar-refractivity contribution in [2.45, 2.75) is 25.8 Å². The molecule has 0 saturated carbocycles. The second-order valence-corrected chi connectivity index (χ2v) is 6.71. The summed E-state index contributed by atoms with van der Waals surface area (Å²) in [4.78, 5) is 27.6. The minimum absolute atomic E-state index is 0.131. The molecule has 2 aromatic heterocycles. The third-order valence-corrected chi connectivity index (χ3v) is 4.68. The van der Waals surface area contributed by atoms with Gasteiger partial charge in [-0.25, -0.2) is 0 Å². The summed E-state index contributed by atoms with van der Waals surface area (Å²) in [7, 11) is 1.51. The summed E-state index contributed by atoms with van der Waals surface area (Å²) in [5.41, 5.74) is 1.05. The first-order valence-electron chi connectivity index (χ1n) is 9.57. The molecule has 0 radical (unpaired) electrons. The van der Waals surface area contributed by atoms with Crippen LogP contribution in [0.4, 0.5) is 5.95 Å². The Morgan fingerprint density at radius 3 is 2.69 bits per heavy atom. The van der Waals surface area contributed by atoms with Crippen LogP contribution in [0.5, 0.6) is 6.01 Å². The number of carbonyl (C=O) groups is 1. The number of nitrogens with zero attached hydrogens (tertiary/aromatic N) is 5. The van der Waals surface area contributed by atoms with E-state index in [-0.39, 0.29) is 24.2 Å². The molecule has 150 valence electrons. The van der Waals surface area contributed by atoms with Gasteiger partial charge in [0.1, 0.15) is 0 Å². The van der Waals surface area contributed by atoms with E-state index in [1.54, 1.807) is 6.07 Å². The fourth-order valence-electron chi connectivity index (χ4n) is 3.16. The number of hydrogen-bond acceptors (Lipinski definition) is 8. The van der Waals surface area contributed by atoms with Gasteiger partial charge in [0.15, 0.2) is 17.3 Å². The van der Waals surface area contributed by atoms with Crippen LogP contribution in [0, 0.1) is 0 Å². The molecule has 1 aliphatic heterocycles. The van der Waals surface area contributed by atoms with Crippen LogP contribution in [-0.4, -0.2) is 46.2 Å². The van der Waals surface area contributed by atoms with Gasteiger partial charge >= 0.3 is 6.01 Å². The Bertz CT molecular complexity index is 969. The highest BCUT2D eigenvalue weighted by atomic mass is 16.5. The molecule has 29 heavy (non-hydrogen) atoms. The van der Waals surface area contributed by atoms with Crippen LogP contribution in [0.1, 0.15) is 35.6 Å². The van der Waals surface area contributed by atoms with E-state index >= 15 is 0 Å². The van der Waals surface area contributed by atoms with Crippen LogP contribution in [0.3, 0.4) is 0 Å². The van der Waals surface area contributed by atoms with Gasteiger partial charge in [0, 0.05) is 24.7 Å². The van der Waals surface area contributed by atoms with Crippen LogP contribution >= 0.6 is 0 Å². The fraction of sp³-hybridized carbons (Fsp3) is 0.350. The van der Waals surface area contributed by atoms with Gasteiger partial charge in [0.2, 0.25) is 5.95 Å². The first-order valence-corrected chi connectivity index (χ1v) is 9.57. The quantitative estimate of drug-likeness (QED) is 0.679. The molecular formula is C20H22N6O3. The average Bonchev–Trinajstić information content (AvgIpc) is 3.29. The molecule has 0 spiro atoms. The van der Waals surface area contributed by atoms with Crippen LogP contribution in [0.2, 0.25) is 0 Å². The highest BCUT2D eigenvalue weighted by molar-refractivity contribution is 5.92. The zero-order chi connectivity index (χ0) is 20.1. The van der Waals surface area contributed by atoms with E-state index < -0.39 is 0 Å². The molecule has 0 atom stereocenters. The summed E-state index contributed by atoms with van der Waals surface area (Å²) in [5.74, 6) is 1.17. The fourth-order valence-corrected chi connectivity index (χ4v) is 3.16. The van der Waals surface area contributed by atoms with Crippen molar-refractivity contribution >= 4 is 11.9 Å². The normalized spacial score (nSPS) is 13.9. The van der Waals surface area contributed by atoms with Crippen molar-refractivity contribution < 1.29 is 14.1 Å². The lowest BCUT2D eigenvalue weighted by Crippen LogP contribution is -2.32. The molecule has 9 nitrogen and oxygen atoms in total. The van der Waals surface area contributed by atoms with Gasteiger partial charge < -0.3 is 19.5 Å². The number of anilines is 1. The molecule has 9 heteroatoms. The van der Waals surface area contributed by atoms with Gasteiger partial charge in [-0.1, -0.05) is 35.5 Å². The van der Waals surface area contributed by atoms with Crippen molar-refractivity contribution in [2.75, 3.05) is 25.1 Å². The monoisotopic (exact) mass is 394 g/mol. The topological polar surface area (TPSA) is 106 Å². The number of aromatic nitrogens is 4. The minimum Gasteiger partial charge on any atom is -0.467 e. The number of carbonyl (C=O) groups excluding carboxylic acids is 1. The van der Waals surface area contributed by atoms with Crippen molar-refractivity contribution in [1.82, 2.24) is 25.4 Å². The smallest absolute Gasteiger partial charge is 0.321 e. The molecule has 3 heterocycles. The van der Waals surface area contributed by atoms with Crippen molar-refractivity contribution in [3.8, 4) is 17.3 Å². The summed E-state index contributed by atoms with van der Waals surface area (Å²) >= 11 is 0. The second kappa shape index (κ2) is 8.68. The number of rotatable bonds is 6. The van der Waals surface area contributed by atoms with Gasteiger partial charge in [-0.2, -0.15) is 15.0 Å². The zero-order valence-electron chi connectivity index (χ0n) is 16.2. The van der Waals surface area contributed by atoms with Crippen molar-refractivity contribution in [3.05, 3.63) is 47.9 Å². The number of nitrogens with one attached hydrogen (secondary N) is 1. The molecule has 1 amide bonds. The Hall–Kier alpha value is -3.49. The average molecular weight is 394 g/mol. The minimum atomic E-state index is -0.366. The highest BCUT2D eigenvalue weighted by Crippen LogP contribution is 2.20. The number of hydrogen-bond donors (Lipinski definition) is 1. The maximum atomic E-state index is 12.5. The van der Waals surface area contributed by atoms with E-state index in [1.165, 1.54) is 13.5 Å². The zero-order valence-corrected chi connectivity index (χ0v) is 16.2. The van der Waals surface area contributed by atoms with Crippen LogP contribution in [0.25, 0.3) is 11.3 Å². The number of piperidine rings is 1. The summed E-state index contributed by atoms with van der Waals surface area (Å²) in [6, 6.07) is 11.3. The third kappa shape index (κ3) is 4.50. The molecule has 1 fully saturated rings. The molecular weight excluding hydrogens is 372 g/mol. The largest absolute Gasteiger partial charge is 0.467 e. The van der Waals surface area contributed by atoms with E-state index in [2.05, 4.69) is 30.3 Å². The van der Waals surface area contributed by atoms with E-state index in [1.807, 2.05) is 30.3 Å². The Morgan fingerprint density at radius 1 is 1.14 bits per heavy atom. The molecule has 0 aliphatic carbocycles. The van der Waals surface area contributed by atoms with E-state index in [4.69, 9.17) is 9.26 Å². The second-order valence-electron chi connectivity index (χ2n) is 6.71. The Labute approximate surface area is 168 Å². The molecule has 1 aromatic carbocycles. The maximum absolute atomic E-state index is 12.5. The lowest BCUT2D eigenvalue weighted by atomic mass is 10.1. The van der Waals surface area contributed by atoms with Crippen LogP contribution < -0.4 is 15.0 Å². The molecule has 1 saturated heterocycles. The Kier molecular flexibility index (Phi) is 5.64. The third-order valence-electron chi connectivity index (χ3n) is 4.68. The predicted octanol–water partition coefficient (Wildman–Crippen LogP) is 2.46. The number of ether oxygens (including phenoxy) is 1. The number of benzene rings is 1. The van der Waals surface area contributed by atoms with Crippen molar-refractivity contribution in [3.63, 3.8) is 0 Å². The lowest BCUT2D eigenvalue weighted by molar-refractivity contribution is 0.0940. The summed E-state index contributed by atoms with van der Waals surface area (Å²) < 4.78 is 10.5. The first kappa shape index (κ1) is 18.9. The molecule has 1 N–H and O–H groups in total. The highest BCUT2D eigenvalue weighted by Gasteiger charge is 2.18. The van der Waals surface area contributed by atoms with Crippen molar-refractivity contribution in [2.24, 2.45) is 0 Å². The standard InChI is InChI=1S/C20H22N6O3/c1-28-20-23-17(22-19(24-20)26-10-6-3-7-11-26)13-21-18(27)15-12-16(29-25-15)14-8-4-2-5-9-14/h2,4-5,8-9,12H,3,6-7,10-11,13H2,1H3,(H,21,27). The summed E-state index contributed by atoms with van der Waals surface area (Å²) in [6.07, 6.45) is 3.43. The van der Waals surface area contributed by atoms with Crippen molar-refractivity contribution in [1.29, 1.82) is 0 Å². The van der Waals surface area contributed by atoms with Gasteiger partial charge in [0.05, 0.1) is 13.7 Å². The maximum Gasteiger partial charge on any atom is 0.321 e. The molecule has 4 rings (SSSR count).